The van der Waals surface area contributed by atoms with Gasteiger partial charge in [-0.05, 0) is 32.3 Å². The van der Waals surface area contributed by atoms with Crippen molar-refractivity contribution in [3.8, 4) is 0 Å². The first-order valence-electron chi connectivity index (χ1n) is 8.51. The SMILES string of the molecule is Cc1sc2ncnc(N3CCCN(C4CCOC4)CC3)c2c1C. The summed E-state index contributed by atoms with van der Waals surface area (Å²) < 4.78 is 5.56. The number of ether oxygens (including phenoxy) is 1. The number of aromatic nitrogens is 2. The maximum absolute atomic E-state index is 5.56. The van der Waals surface area contributed by atoms with Crippen LogP contribution in [0.15, 0.2) is 6.33 Å². The van der Waals surface area contributed by atoms with Gasteiger partial charge in [0, 0.05) is 43.7 Å². The summed E-state index contributed by atoms with van der Waals surface area (Å²) in [5.41, 5.74) is 1.34. The summed E-state index contributed by atoms with van der Waals surface area (Å²) in [6.07, 6.45) is 4.09. The zero-order valence-electron chi connectivity index (χ0n) is 13.9. The van der Waals surface area contributed by atoms with Crippen LogP contribution in [-0.2, 0) is 4.74 Å². The Balaban J connectivity index is 1.59. The molecule has 5 nitrogen and oxygen atoms in total. The van der Waals surface area contributed by atoms with Gasteiger partial charge in [-0.3, -0.25) is 4.90 Å². The van der Waals surface area contributed by atoms with E-state index in [1.807, 2.05) is 0 Å². The number of hydrogen-bond acceptors (Lipinski definition) is 6. The number of anilines is 1. The number of rotatable bonds is 2. The van der Waals surface area contributed by atoms with Crippen molar-refractivity contribution in [3.05, 3.63) is 16.8 Å². The largest absolute Gasteiger partial charge is 0.380 e. The van der Waals surface area contributed by atoms with Crippen molar-refractivity contribution in [2.75, 3.05) is 44.3 Å². The second-order valence-electron chi connectivity index (χ2n) is 6.55. The molecule has 2 aromatic heterocycles. The number of hydrogen-bond donors (Lipinski definition) is 0. The van der Waals surface area contributed by atoms with Gasteiger partial charge < -0.3 is 9.64 Å². The monoisotopic (exact) mass is 332 g/mol. The van der Waals surface area contributed by atoms with Crippen LogP contribution in [0.5, 0.6) is 0 Å². The molecule has 124 valence electrons. The van der Waals surface area contributed by atoms with Crippen LogP contribution in [-0.4, -0.2) is 60.3 Å². The minimum atomic E-state index is 0.616. The Morgan fingerprint density at radius 1 is 1.17 bits per heavy atom. The van der Waals surface area contributed by atoms with Crippen molar-refractivity contribution in [1.29, 1.82) is 0 Å². The molecule has 0 saturated carbocycles. The van der Waals surface area contributed by atoms with E-state index in [1.165, 1.54) is 35.2 Å². The molecule has 6 heteroatoms. The molecular weight excluding hydrogens is 308 g/mol. The molecule has 1 atom stereocenters. The van der Waals surface area contributed by atoms with Crippen molar-refractivity contribution in [1.82, 2.24) is 14.9 Å². The summed E-state index contributed by atoms with van der Waals surface area (Å²) in [7, 11) is 0. The molecule has 0 amide bonds. The molecule has 2 aliphatic heterocycles. The smallest absolute Gasteiger partial charge is 0.141 e. The normalized spacial score (nSPS) is 23.6. The van der Waals surface area contributed by atoms with E-state index < -0.39 is 0 Å². The number of fused-ring (bicyclic) bond motifs is 1. The highest BCUT2D eigenvalue weighted by molar-refractivity contribution is 7.18. The van der Waals surface area contributed by atoms with Crippen molar-refractivity contribution in [3.63, 3.8) is 0 Å². The van der Waals surface area contributed by atoms with Gasteiger partial charge in [-0.25, -0.2) is 9.97 Å². The first kappa shape index (κ1) is 15.3. The quantitative estimate of drug-likeness (QED) is 0.845. The van der Waals surface area contributed by atoms with Crippen LogP contribution in [0.1, 0.15) is 23.3 Å². The highest BCUT2D eigenvalue weighted by atomic mass is 32.1. The standard InChI is InChI=1S/C17H24N4OS/c1-12-13(2)23-17-15(12)16(18-11-19-17)21-6-3-5-20(7-8-21)14-4-9-22-10-14/h11,14H,3-10H2,1-2H3. The lowest BCUT2D eigenvalue weighted by atomic mass is 10.2. The molecule has 2 saturated heterocycles. The van der Waals surface area contributed by atoms with Crippen molar-refractivity contribution < 1.29 is 4.74 Å². The third kappa shape index (κ3) is 2.84. The molecular formula is C17H24N4OS. The minimum absolute atomic E-state index is 0.616. The summed E-state index contributed by atoms with van der Waals surface area (Å²) >= 11 is 1.78. The summed E-state index contributed by atoms with van der Waals surface area (Å²) in [5.74, 6) is 1.13. The van der Waals surface area contributed by atoms with Crippen LogP contribution < -0.4 is 4.90 Å². The van der Waals surface area contributed by atoms with Crippen molar-refractivity contribution in [2.24, 2.45) is 0 Å². The third-order valence-corrected chi connectivity index (χ3v) is 6.31. The fourth-order valence-electron chi connectivity index (χ4n) is 3.73. The molecule has 0 aliphatic carbocycles. The van der Waals surface area contributed by atoms with Gasteiger partial charge in [-0.2, -0.15) is 0 Å². The van der Waals surface area contributed by atoms with E-state index in [-0.39, 0.29) is 0 Å². The van der Waals surface area contributed by atoms with Crippen LogP contribution in [0.3, 0.4) is 0 Å². The van der Waals surface area contributed by atoms with Gasteiger partial charge in [0.2, 0.25) is 0 Å². The molecule has 0 N–H and O–H groups in total. The van der Waals surface area contributed by atoms with E-state index in [4.69, 9.17) is 4.74 Å². The molecule has 0 aromatic carbocycles. The highest BCUT2D eigenvalue weighted by Gasteiger charge is 2.26. The van der Waals surface area contributed by atoms with E-state index >= 15 is 0 Å². The second-order valence-corrected chi connectivity index (χ2v) is 7.76. The molecule has 4 heterocycles. The summed E-state index contributed by atoms with van der Waals surface area (Å²) in [6.45, 7) is 10.6. The van der Waals surface area contributed by atoms with Gasteiger partial charge in [0.1, 0.15) is 17.0 Å². The molecule has 4 rings (SSSR count). The predicted octanol–water partition coefficient (Wildman–Crippen LogP) is 2.61. The molecule has 23 heavy (non-hydrogen) atoms. The van der Waals surface area contributed by atoms with Crippen LogP contribution in [0.4, 0.5) is 5.82 Å². The molecule has 2 aromatic rings. The van der Waals surface area contributed by atoms with E-state index in [1.54, 1.807) is 17.7 Å². The first-order chi connectivity index (χ1) is 11.2. The number of thiophene rings is 1. The summed E-state index contributed by atoms with van der Waals surface area (Å²) in [5, 5.41) is 1.26. The minimum Gasteiger partial charge on any atom is -0.380 e. The van der Waals surface area contributed by atoms with Crippen molar-refractivity contribution in [2.45, 2.75) is 32.7 Å². The lowest BCUT2D eigenvalue weighted by molar-refractivity contribution is 0.148. The zero-order valence-corrected chi connectivity index (χ0v) is 14.7. The third-order valence-electron chi connectivity index (χ3n) is 5.20. The van der Waals surface area contributed by atoms with E-state index in [2.05, 4.69) is 33.6 Å². The van der Waals surface area contributed by atoms with Gasteiger partial charge in [0.15, 0.2) is 0 Å². The molecule has 2 fully saturated rings. The average molecular weight is 332 g/mol. The Labute approximate surface area is 141 Å². The van der Waals surface area contributed by atoms with Gasteiger partial charge in [0.05, 0.1) is 12.0 Å². The van der Waals surface area contributed by atoms with Gasteiger partial charge in [-0.15, -0.1) is 11.3 Å². The summed E-state index contributed by atoms with van der Waals surface area (Å²) in [6, 6.07) is 0.616. The van der Waals surface area contributed by atoms with Crippen LogP contribution >= 0.6 is 11.3 Å². The van der Waals surface area contributed by atoms with Gasteiger partial charge >= 0.3 is 0 Å². The first-order valence-corrected chi connectivity index (χ1v) is 9.33. The second kappa shape index (κ2) is 6.34. The fraction of sp³-hybridized carbons (Fsp3) is 0.647. The van der Waals surface area contributed by atoms with Crippen LogP contribution in [0.25, 0.3) is 10.2 Å². The molecule has 0 spiro atoms. The van der Waals surface area contributed by atoms with E-state index in [0.29, 0.717) is 6.04 Å². The molecule has 2 aliphatic rings. The fourth-order valence-corrected chi connectivity index (χ4v) is 4.72. The van der Waals surface area contributed by atoms with Crippen LogP contribution in [0, 0.1) is 13.8 Å². The Kier molecular flexibility index (Phi) is 4.22. The maximum Gasteiger partial charge on any atom is 0.141 e. The Hall–Kier alpha value is -1.24. The lowest BCUT2D eigenvalue weighted by Crippen LogP contribution is -2.38. The maximum atomic E-state index is 5.56. The van der Waals surface area contributed by atoms with Gasteiger partial charge in [0.25, 0.3) is 0 Å². The number of nitrogens with zero attached hydrogens (tertiary/aromatic N) is 4. The topological polar surface area (TPSA) is 41.5 Å². The average Bonchev–Trinajstić information content (AvgIpc) is 3.10. The van der Waals surface area contributed by atoms with Gasteiger partial charge in [-0.1, -0.05) is 0 Å². The molecule has 1 unspecified atom stereocenters. The molecule has 0 radical (unpaired) electrons. The Morgan fingerprint density at radius 3 is 2.91 bits per heavy atom. The highest BCUT2D eigenvalue weighted by Crippen LogP contribution is 2.34. The van der Waals surface area contributed by atoms with E-state index in [0.717, 1.165) is 43.5 Å². The molecule has 0 bridgehead atoms. The Bertz CT molecular complexity index is 695. The van der Waals surface area contributed by atoms with E-state index in [9.17, 15) is 0 Å². The predicted molar refractivity (Wildman–Crippen MR) is 94.5 cm³/mol. The number of aryl methyl sites for hydroxylation is 2. The lowest BCUT2D eigenvalue weighted by Gasteiger charge is -2.26. The summed E-state index contributed by atoms with van der Waals surface area (Å²) in [4.78, 5) is 16.7. The van der Waals surface area contributed by atoms with Crippen LogP contribution in [0.2, 0.25) is 0 Å². The zero-order chi connectivity index (χ0) is 15.8. The Morgan fingerprint density at radius 2 is 2.09 bits per heavy atom. The van der Waals surface area contributed by atoms with Crippen molar-refractivity contribution >= 4 is 27.4 Å².